The lowest BCUT2D eigenvalue weighted by molar-refractivity contribution is 0.131. The Kier molecular flexibility index (Phi) is 2.73. The van der Waals surface area contributed by atoms with Gasteiger partial charge in [-0.3, -0.25) is 0 Å². The lowest BCUT2D eigenvalue weighted by atomic mass is 10.1. The van der Waals surface area contributed by atoms with E-state index in [0.29, 0.717) is 0 Å². The molecule has 1 atom stereocenters. The van der Waals surface area contributed by atoms with Crippen LogP contribution in [0.5, 0.6) is 0 Å². The largest absolute Gasteiger partial charge is 0.316 e. The van der Waals surface area contributed by atoms with Crippen LogP contribution in [0.25, 0.3) is 0 Å². The van der Waals surface area contributed by atoms with Crippen molar-refractivity contribution in [3.8, 4) is 0 Å². The molecule has 2 N–H and O–H groups in total. The molecule has 0 heterocycles. The van der Waals surface area contributed by atoms with E-state index < -0.39 is 17.7 Å². The number of nitrogens with one attached hydrogen (secondary N) is 1. The SMILES string of the molecule is C[C@@H](NO)c1ccc(F)cc1F. The lowest BCUT2D eigenvalue weighted by Crippen LogP contribution is -2.14. The Bertz CT molecular complexity index is 278. The van der Waals surface area contributed by atoms with E-state index >= 15 is 0 Å². The fraction of sp³-hybridized carbons (Fsp3) is 0.250. The van der Waals surface area contributed by atoms with E-state index in [4.69, 9.17) is 5.21 Å². The Morgan fingerprint density at radius 1 is 1.42 bits per heavy atom. The summed E-state index contributed by atoms with van der Waals surface area (Å²) in [5.74, 6) is -1.29. The number of halogens is 2. The van der Waals surface area contributed by atoms with Gasteiger partial charge in [-0.1, -0.05) is 6.07 Å². The Hall–Kier alpha value is -1.00. The molecule has 0 unspecified atom stereocenters. The highest BCUT2D eigenvalue weighted by molar-refractivity contribution is 5.21. The summed E-state index contributed by atoms with van der Waals surface area (Å²) >= 11 is 0. The van der Waals surface area contributed by atoms with Crippen molar-refractivity contribution in [3.63, 3.8) is 0 Å². The highest BCUT2D eigenvalue weighted by Crippen LogP contribution is 2.16. The van der Waals surface area contributed by atoms with Crippen LogP contribution in [0.2, 0.25) is 0 Å². The van der Waals surface area contributed by atoms with Crippen LogP contribution >= 0.6 is 0 Å². The van der Waals surface area contributed by atoms with E-state index in [-0.39, 0.29) is 5.56 Å². The first-order valence-electron chi connectivity index (χ1n) is 3.49. The third-order valence-corrected chi connectivity index (χ3v) is 1.62. The van der Waals surface area contributed by atoms with Gasteiger partial charge < -0.3 is 5.21 Å². The monoisotopic (exact) mass is 173 g/mol. The van der Waals surface area contributed by atoms with Crippen molar-refractivity contribution in [1.29, 1.82) is 0 Å². The van der Waals surface area contributed by atoms with Crippen molar-refractivity contribution in [2.45, 2.75) is 13.0 Å². The average molecular weight is 173 g/mol. The third-order valence-electron chi connectivity index (χ3n) is 1.62. The van der Waals surface area contributed by atoms with E-state index in [1.807, 2.05) is 5.48 Å². The summed E-state index contributed by atoms with van der Waals surface area (Å²) in [7, 11) is 0. The molecule has 12 heavy (non-hydrogen) atoms. The second-order valence-electron chi connectivity index (χ2n) is 2.52. The molecule has 0 aromatic heterocycles. The zero-order valence-electron chi connectivity index (χ0n) is 6.51. The molecule has 0 aliphatic heterocycles. The number of hydrogen-bond donors (Lipinski definition) is 2. The number of rotatable bonds is 2. The summed E-state index contributed by atoms with van der Waals surface area (Å²) in [6.45, 7) is 1.57. The average Bonchev–Trinajstić information content (AvgIpc) is 2.03. The van der Waals surface area contributed by atoms with Gasteiger partial charge in [-0.05, 0) is 13.0 Å². The lowest BCUT2D eigenvalue weighted by Gasteiger charge is -2.09. The van der Waals surface area contributed by atoms with Gasteiger partial charge in [0, 0.05) is 11.6 Å². The molecule has 1 aromatic carbocycles. The van der Waals surface area contributed by atoms with Crippen molar-refractivity contribution < 1.29 is 14.0 Å². The predicted molar refractivity (Wildman–Crippen MR) is 39.7 cm³/mol. The van der Waals surface area contributed by atoms with Crippen molar-refractivity contribution >= 4 is 0 Å². The summed E-state index contributed by atoms with van der Waals surface area (Å²) in [4.78, 5) is 0. The Labute approximate surface area is 68.8 Å². The first-order chi connectivity index (χ1) is 5.65. The predicted octanol–water partition coefficient (Wildman–Crippen LogP) is 2.00. The highest BCUT2D eigenvalue weighted by Gasteiger charge is 2.09. The minimum Gasteiger partial charge on any atom is -0.316 e. The maximum atomic E-state index is 12.9. The topological polar surface area (TPSA) is 32.3 Å². The maximum Gasteiger partial charge on any atom is 0.130 e. The molecule has 0 bridgehead atoms. The van der Waals surface area contributed by atoms with Crippen LogP contribution in [0.3, 0.4) is 0 Å². The van der Waals surface area contributed by atoms with Gasteiger partial charge in [-0.15, -0.1) is 0 Å². The first-order valence-corrected chi connectivity index (χ1v) is 3.49. The van der Waals surface area contributed by atoms with Crippen molar-refractivity contribution in [2.24, 2.45) is 0 Å². The summed E-state index contributed by atoms with van der Waals surface area (Å²) < 4.78 is 25.3. The minimum atomic E-state index is -0.663. The molecular formula is C8H9F2NO. The molecule has 0 saturated heterocycles. The molecule has 0 radical (unpaired) electrons. The number of hydrogen-bond acceptors (Lipinski definition) is 2. The van der Waals surface area contributed by atoms with Gasteiger partial charge >= 0.3 is 0 Å². The molecule has 1 rings (SSSR count). The van der Waals surface area contributed by atoms with E-state index in [9.17, 15) is 8.78 Å². The molecule has 0 spiro atoms. The van der Waals surface area contributed by atoms with E-state index in [1.54, 1.807) is 6.92 Å². The highest BCUT2D eigenvalue weighted by atomic mass is 19.1. The van der Waals surface area contributed by atoms with Crippen LogP contribution < -0.4 is 5.48 Å². The molecule has 66 valence electrons. The molecule has 0 fully saturated rings. The Morgan fingerprint density at radius 3 is 2.58 bits per heavy atom. The molecule has 0 aliphatic carbocycles. The summed E-state index contributed by atoms with van der Waals surface area (Å²) in [6.07, 6.45) is 0. The zero-order valence-corrected chi connectivity index (χ0v) is 6.51. The number of hydroxylamine groups is 1. The molecule has 1 aromatic rings. The molecule has 0 aliphatic rings. The maximum absolute atomic E-state index is 12.9. The van der Waals surface area contributed by atoms with Gasteiger partial charge in [-0.2, -0.15) is 5.48 Å². The molecule has 0 saturated carbocycles. The first kappa shape index (κ1) is 9.09. The van der Waals surface area contributed by atoms with Crippen LogP contribution in [0.1, 0.15) is 18.5 Å². The van der Waals surface area contributed by atoms with Gasteiger partial charge in [0.05, 0.1) is 6.04 Å². The summed E-state index contributed by atoms with van der Waals surface area (Å²) in [5, 5.41) is 8.47. The Balaban J connectivity index is 3.01. The van der Waals surface area contributed by atoms with Gasteiger partial charge in [0.1, 0.15) is 11.6 Å². The van der Waals surface area contributed by atoms with E-state index in [0.717, 1.165) is 12.1 Å². The standard InChI is InChI=1S/C8H9F2NO/c1-5(11-12)7-3-2-6(9)4-8(7)10/h2-5,11-12H,1H3/t5-/m1/s1. The third kappa shape index (κ3) is 1.78. The summed E-state index contributed by atoms with van der Waals surface area (Å²) in [6, 6.07) is 2.68. The van der Waals surface area contributed by atoms with Crippen LogP contribution in [-0.2, 0) is 0 Å². The molecule has 2 nitrogen and oxygen atoms in total. The van der Waals surface area contributed by atoms with Crippen LogP contribution in [0.4, 0.5) is 8.78 Å². The van der Waals surface area contributed by atoms with Crippen LogP contribution in [0, 0.1) is 11.6 Å². The van der Waals surface area contributed by atoms with Gasteiger partial charge in [-0.25, -0.2) is 8.78 Å². The zero-order chi connectivity index (χ0) is 9.14. The fourth-order valence-electron chi connectivity index (χ4n) is 0.922. The Morgan fingerprint density at radius 2 is 2.08 bits per heavy atom. The minimum absolute atomic E-state index is 0.235. The van der Waals surface area contributed by atoms with E-state index in [1.165, 1.54) is 6.07 Å². The molecule has 4 heteroatoms. The van der Waals surface area contributed by atoms with Gasteiger partial charge in [0.25, 0.3) is 0 Å². The quantitative estimate of drug-likeness (QED) is 0.670. The van der Waals surface area contributed by atoms with Crippen molar-refractivity contribution in [2.75, 3.05) is 0 Å². The van der Waals surface area contributed by atoms with Crippen molar-refractivity contribution in [3.05, 3.63) is 35.4 Å². The molecular weight excluding hydrogens is 164 g/mol. The van der Waals surface area contributed by atoms with Crippen molar-refractivity contribution in [1.82, 2.24) is 5.48 Å². The second kappa shape index (κ2) is 3.60. The smallest absolute Gasteiger partial charge is 0.130 e. The van der Waals surface area contributed by atoms with Crippen LogP contribution in [-0.4, -0.2) is 5.21 Å². The second-order valence-corrected chi connectivity index (χ2v) is 2.52. The van der Waals surface area contributed by atoms with Gasteiger partial charge in [0.15, 0.2) is 0 Å². The van der Waals surface area contributed by atoms with Crippen LogP contribution in [0.15, 0.2) is 18.2 Å². The summed E-state index contributed by atoms with van der Waals surface area (Å²) in [5.41, 5.74) is 2.11. The normalized spacial score (nSPS) is 13.0. The fourth-order valence-corrected chi connectivity index (χ4v) is 0.922. The van der Waals surface area contributed by atoms with Gasteiger partial charge in [0.2, 0.25) is 0 Å². The number of benzene rings is 1. The molecule has 0 amide bonds. The van der Waals surface area contributed by atoms with E-state index in [2.05, 4.69) is 0 Å².